The third-order valence-corrected chi connectivity index (χ3v) is 3.48. The molecule has 0 saturated heterocycles. The summed E-state index contributed by atoms with van der Waals surface area (Å²) >= 11 is 0. The van der Waals surface area contributed by atoms with Gasteiger partial charge in [0.2, 0.25) is 0 Å². The molecule has 0 bridgehead atoms. The Morgan fingerprint density at radius 1 is 1.32 bits per heavy atom. The molecule has 0 spiro atoms. The molecule has 1 aromatic heterocycles. The minimum atomic E-state index is -0.0902. The fourth-order valence-corrected chi connectivity index (χ4v) is 2.49. The van der Waals surface area contributed by atoms with Crippen LogP contribution < -0.4 is 5.73 Å². The van der Waals surface area contributed by atoms with Gasteiger partial charge in [-0.15, -0.1) is 0 Å². The lowest BCUT2D eigenvalue weighted by molar-refractivity contribution is 0.0729. The standard InChI is InChI=1S/C14H16N4O/c1-17-9-12(15)13(16-17)14(19)18-7-6-10-4-2-3-5-11(10)8-18/h2-5,9H,6-8,15H2,1H3. The second-order valence-corrected chi connectivity index (χ2v) is 4.85. The van der Waals surface area contributed by atoms with E-state index in [2.05, 4.69) is 17.2 Å². The van der Waals surface area contributed by atoms with Crippen molar-refractivity contribution in [3.05, 3.63) is 47.3 Å². The highest BCUT2D eigenvalue weighted by Crippen LogP contribution is 2.21. The highest BCUT2D eigenvalue weighted by Gasteiger charge is 2.24. The molecule has 1 aromatic carbocycles. The van der Waals surface area contributed by atoms with E-state index in [0.29, 0.717) is 24.5 Å². The van der Waals surface area contributed by atoms with E-state index < -0.39 is 0 Å². The number of hydrogen-bond acceptors (Lipinski definition) is 3. The highest BCUT2D eigenvalue weighted by atomic mass is 16.2. The lowest BCUT2D eigenvalue weighted by atomic mass is 10.00. The molecule has 5 heteroatoms. The van der Waals surface area contributed by atoms with Gasteiger partial charge >= 0.3 is 0 Å². The maximum absolute atomic E-state index is 12.4. The van der Waals surface area contributed by atoms with Crippen LogP contribution >= 0.6 is 0 Å². The van der Waals surface area contributed by atoms with Crippen molar-refractivity contribution in [2.45, 2.75) is 13.0 Å². The molecule has 0 radical (unpaired) electrons. The molecule has 1 aliphatic heterocycles. The van der Waals surface area contributed by atoms with Gasteiger partial charge in [0.05, 0.1) is 5.69 Å². The topological polar surface area (TPSA) is 64.2 Å². The third-order valence-electron chi connectivity index (χ3n) is 3.48. The first kappa shape index (κ1) is 11.8. The fraction of sp³-hybridized carbons (Fsp3) is 0.286. The highest BCUT2D eigenvalue weighted by molar-refractivity contribution is 5.97. The zero-order chi connectivity index (χ0) is 13.4. The molecule has 2 aromatic rings. The van der Waals surface area contributed by atoms with Crippen molar-refractivity contribution >= 4 is 11.6 Å². The molecule has 1 amide bonds. The van der Waals surface area contributed by atoms with Crippen molar-refractivity contribution in [2.24, 2.45) is 7.05 Å². The predicted molar refractivity (Wildman–Crippen MR) is 72.5 cm³/mol. The number of aryl methyl sites for hydroxylation is 1. The van der Waals surface area contributed by atoms with Crippen LogP contribution in [0, 0.1) is 0 Å². The number of carbonyl (C=O) groups is 1. The molecule has 98 valence electrons. The summed E-state index contributed by atoms with van der Waals surface area (Å²) in [6.07, 6.45) is 2.54. The van der Waals surface area contributed by atoms with Gasteiger partial charge in [0.15, 0.2) is 5.69 Å². The number of rotatable bonds is 1. The molecule has 2 heterocycles. The number of nitrogens with two attached hydrogens (primary N) is 1. The number of fused-ring (bicyclic) bond motifs is 1. The molecule has 1 aliphatic rings. The van der Waals surface area contributed by atoms with Gasteiger partial charge in [-0.25, -0.2) is 0 Å². The number of anilines is 1. The first-order valence-corrected chi connectivity index (χ1v) is 6.30. The van der Waals surface area contributed by atoms with Crippen LogP contribution in [0.25, 0.3) is 0 Å². The molecular formula is C14H16N4O. The van der Waals surface area contributed by atoms with Gasteiger partial charge in [-0.2, -0.15) is 5.10 Å². The summed E-state index contributed by atoms with van der Waals surface area (Å²) in [5, 5.41) is 4.14. The van der Waals surface area contributed by atoms with Crippen LogP contribution in [0.3, 0.4) is 0 Å². The average molecular weight is 256 g/mol. The van der Waals surface area contributed by atoms with Crippen molar-refractivity contribution in [3.63, 3.8) is 0 Å². The smallest absolute Gasteiger partial charge is 0.276 e. The molecule has 5 nitrogen and oxygen atoms in total. The molecule has 3 rings (SSSR count). The van der Waals surface area contributed by atoms with E-state index in [1.54, 1.807) is 22.8 Å². The Labute approximate surface area is 111 Å². The first-order chi connectivity index (χ1) is 9.15. The second-order valence-electron chi connectivity index (χ2n) is 4.85. The van der Waals surface area contributed by atoms with Crippen LogP contribution in [-0.2, 0) is 20.0 Å². The van der Waals surface area contributed by atoms with Gasteiger partial charge in [0.1, 0.15) is 0 Å². The van der Waals surface area contributed by atoms with Gasteiger partial charge in [0, 0.05) is 26.3 Å². The summed E-state index contributed by atoms with van der Waals surface area (Å²) in [6, 6.07) is 8.22. The minimum Gasteiger partial charge on any atom is -0.396 e. The molecule has 0 aliphatic carbocycles. The summed E-state index contributed by atoms with van der Waals surface area (Å²) < 4.78 is 1.57. The van der Waals surface area contributed by atoms with E-state index in [1.165, 1.54) is 11.1 Å². The summed E-state index contributed by atoms with van der Waals surface area (Å²) in [7, 11) is 1.76. The van der Waals surface area contributed by atoms with E-state index in [0.717, 1.165) is 6.42 Å². The van der Waals surface area contributed by atoms with Gasteiger partial charge in [-0.05, 0) is 17.5 Å². The molecule has 0 atom stereocenters. The van der Waals surface area contributed by atoms with Crippen molar-refractivity contribution in [2.75, 3.05) is 12.3 Å². The second kappa shape index (κ2) is 4.42. The van der Waals surface area contributed by atoms with Gasteiger partial charge in [0.25, 0.3) is 5.91 Å². The number of aromatic nitrogens is 2. The van der Waals surface area contributed by atoms with Crippen molar-refractivity contribution in [1.29, 1.82) is 0 Å². The number of carbonyl (C=O) groups excluding carboxylic acids is 1. The Kier molecular flexibility index (Phi) is 2.74. The quantitative estimate of drug-likeness (QED) is 0.834. The lowest BCUT2D eigenvalue weighted by Gasteiger charge is -2.28. The number of nitrogen functional groups attached to an aromatic ring is 1. The first-order valence-electron chi connectivity index (χ1n) is 6.30. The number of benzene rings is 1. The largest absolute Gasteiger partial charge is 0.396 e. The molecule has 0 unspecified atom stereocenters. The maximum Gasteiger partial charge on any atom is 0.276 e. The van der Waals surface area contributed by atoms with Gasteiger partial charge < -0.3 is 10.6 Å². The summed E-state index contributed by atoms with van der Waals surface area (Å²) in [5.41, 5.74) is 9.12. The monoisotopic (exact) mass is 256 g/mol. The number of amides is 1. The van der Waals surface area contributed by atoms with Crippen molar-refractivity contribution < 1.29 is 4.79 Å². The summed E-state index contributed by atoms with van der Waals surface area (Å²) in [4.78, 5) is 14.2. The van der Waals surface area contributed by atoms with Crippen LogP contribution in [0.15, 0.2) is 30.5 Å². The molecule has 2 N–H and O–H groups in total. The van der Waals surface area contributed by atoms with Crippen LogP contribution in [0.1, 0.15) is 21.6 Å². The molecule has 0 saturated carbocycles. The van der Waals surface area contributed by atoms with E-state index in [1.807, 2.05) is 12.1 Å². The van der Waals surface area contributed by atoms with Crippen LogP contribution in [-0.4, -0.2) is 27.1 Å². The van der Waals surface area contributed by atoms with E-state index >= 15 is 0 Å². The maximum atomic E-state index is 12.4. The van der Waals surface area contributed by atoms with Crippen LogP contribution in [0.4, 0.5) is 5.69 Å². The Bertz CT molecular complexity index is 632. The molecule has 19 heavy (non-hydrogen) atoms. The third kappa shape index (κ3) is 2.07. The average Bonchev–Trinajstić information content (AvgIpc) is 2.76. The predicted octanol–water partition coefficient (Wildman–Crippen LogP) is 1.20. The van der Waals surface area contributed by atoms with Crippen LogP contribution in [0.5, 0.6) is 0 Å². The Morgan fingerprint density at radius 3 is 2.74 bits per heavy atom. The summed E-state index contributed by atoms with van der Waals surface area (Å²) in [5.74, 6) is -0.0902. The Balaban J connectivity index is 1.85. The number of nitrogens with zero attached hydrogens (tertiary/aromatic N) is 3. The Hall–Kier alpha value is -2.30. The van der Waals surface area contributed by atoms with Gasteiger partial charge in [-0.3, -0.25) is 9.48 Å². The van der Waals surface area contributed by atoms with E-state index in [-0.39, 0.29) is 5.91 Å². The zero-order valence-corrected chi connectivity index (χ0v) is 10.8. The van der Waals surface area contributed by atoms with Crippen LogP contribution in [0.2, 0.25) is 0 Å². The van der Waals surface area contributed by atoms with Gasteiger partial charge in [-0.1, -0.05) is 24.3 Å². The molecular weight excluding hydrogens is 240 g/mol. The summed E-state index contributed by atoms with van der Waals surface area (Å²) in [6.45, 7) is 1.34. The zero-order valence-electron chi connectivity index (χ0n) is 10.8. The lowest BCUT2D eigenvalue weighted by Crippen LogP contribution is -2.36. The normalized spacial score (nSPS) is 14.3. The van der Waals surface area contributed by atoms with E-state index in [4.69, 9.17) is 5.73 Å². The minimum absolute atomic E-state index is 0.0902. The number of hydrogen-bond donors (Lipinski definition) is 1. The fourth-order valence-electron chi connectivity index (χ4n) is 2.49. The van der Waals surface area contributed by atoms with E-state index in [9.17, 15) is 4.79 Å². The Morgan fingerprint density at radius 2 is 2.05 bits per heavy atom. The SMILES string of the molecule is Cn1cc(N)c(C(=O)N2CCc3ccccc3C2)n1. The van der Waals surface area contributed by atoms with Crippen molar-refractivity contribution in [3.8, 4) is 0 Å². The molecule has 0 fully saturated rings. The van der Waals surface area contributed by atoms with Crippen molar-refractivity contribution in [1.82, 2.24) is 14.7 Å².